The fraction of sp³-hybridized carbons (Fsp3) is 0.381. The summed E-state index contributed by atoms with van der Waals surface area (Å²) in [6, 6.07) is 19.6. The van der Waals surface area contributed by atoms with Gasteiger partial charge in [0, 0.05) is 6.42 Å². The average molecular weight is 356 g/mol. The number of benzene rings is 2. The van der Waals surface area contributed by atoms with Crippen molar-refractivity contribution < 1.29 is 9.90 Å². The summed E-state index contributed by atoms with van der Waals surface area (Å²) >= 11 is 0. The quantitative estimate of drug-likeness (QED) is 0.708. The predicted molar refractivity (Wildman–Crippen MR) is 106 cm³/mol. The van der Waals surface area contributed by atoms with Crippen LogP contribution in [-0.2, 0) is 4.79 Å². The lowest BCUT2D eigenvalue weighted by molar-refractivity contribution is -0.122. The van der Waals surface area contributed by atoms with Crippen molar-refractivity contribution in [2.75, 3.05) is 0 Å². The van der Waals surface area contributed by atoms with Gasteiger partial charge in [-0.25, -0.2) is 0 Å². The monoisotopic (exact) mass is 355 g/mol. The molecule has 0 unspecified atom stereocenters. The van der Waals surface area contributed by atoms with Gasteiger partial charge in [0.05, 0.1) is 20.2 Å². The normalized spacial score (nSPS) is 15.2. The molecule has 2 aromatic carbocycles. The molecule has 0 fully saturated rings. The number of aliphatic hydroxyl groups excluding tert-OH is 1. The first kappa shape index (κ1) is 19.4. The molecule has 0 saturated heterocycles. The minimum absolute atomic E-state index is 0.00115. The third-order valence-corrected chi connectivity index (χ3v) is 7.46. The Morgan fingerprint density at radius 1 is 0.960 bits per heavy atom. The van der Waals surface area contributed by atoms with Crippen molar-refractivity contribution in [1.29, 1.82) is 0 Å². The first-order valence-corrected chi connectivity index (χ1v) is 12.4. The highest BCUT2D eigenvalue weighted by molar-refractivity contribution is 6.77. The van der Waals surface area contributed by atoms with Crippen molar-refractivity contribution >= 4 is 14.0 Å². The first-order valence-electron chi connectivity index (χ1n) is 8.86. The van der Waals surface area contributed by atoms with Gasteiger partial charge in [-0.1, -0.05) is 80.3 Å². The van der Waals surface area contributed by atoms with E-state index in [0.29, 0.717) is 6.42 Å². The van der Waals surface area contributed by atoms with Gasteiger partial charge >= 0.3 is 0 Å². The van der Waals surface area contributed by atoms with E-state index in [2.05, 4.69) is 25.0 Å². The number of hydrogen-bond acceptors (Lipinski definition) is 2. The van der Waals surface area contributed by atoms with Gasteiger partial charge in [0.15, 0.2) is 0 Å². The van der Waals surface area contributed by atoms with Gasteiger partial charge in [-0.3, -0.25) is 4.79 Å². The van der Waals surface area contributed by atoms with Gasteiger partial charge < -0.3 is 10.4 Å². The number of nitrogens with one attached hydrogen (secondary N) is 1. The van der Waals surface area contributed by atoms with Crippen LogP contribution in [0.4, 0.5) is 0 Å². The molecular weight excluding hydrogens is 326 g/mol. The second-order valence-electron chi connectivity index (χ2n) is 7.73. The minimum atomic E-state index is -1.74. The van der Waals surface area contributed by atoms with Gasteiger partial charge in [0.25, 0.3) is 0 Å². The first-order chi connectivity index (χ1) is 11.8. The molecule has 0 aliphatic carbocycles. The molecule has 0 aliphatic rings. The summed E-state index contributed by atoms with van der Waals surface area (Å²) in [6.45, 7) is 8.61. The van der Waals surface area contributed by atoms with Crippen LogP contribution in [-0.4, -0.2) is 19.1 Å². The zero-order chi connectivity index (χ0) is 18.4. The Bertz CT molecular complexity index is 667. The Labute approximate surface area is 152 Å². The summed E-state index contributed by atoms with van der Waals surface area (Å²) < 4.78 is 0. The fourth-order valence-corrected chi connectivity index (χ4v) is 5.04. The molecule has 2 N–H and O–H groups in total. The number of amides is 1. The van der Waals surface area contributed by atoms with E-state index in [0.717, 1.165) is 11.1 Å². The van der Waals surface area contributed by atoms with Crippen LogP contribution in [0.15, 0.2) is 60.7 Å². The lowest BCUT2D eigenvalue weighted by Crippen LogP contribution is -2.37. The highest BCUT2D eigenvalue weighted by Crippen LogP contribution is 2.38. The second kappa shape index (κ2) is 8.45. The van der Waals surface area contributed by atoms with E-state index in [-0.39, 0.29) is 17.5 Å². The van der Waals surface area contributed by atoms with Crippen LogP contribution in [0.2, 0.25) is 25.2 Å². The summed E-state index contributed by atoms with van der Waals surface area (Å²) in [5.41, 5.74) is 1.95. The molecule has 2 rings (SSSR count). The molecule has 2 aromatic rings. The smallest absolute Gasteiger partial charge is 0.220 e. The maximum Gasteiger partial charge on any atom is 0.220 e. The molecule has 134 valence electrons. The Hall–Kier alpha value is -1.91. The Morgan fingerprint density at radius 3 is 1.92 bits per heavy atom. The molecule has 0 heterocycles. The van der Waals surface area contributed by atoms with E-state index in [4.69, 9.17) is 0 Å². The van der Waals surface area contributed by atoms with Crippen LogP contribution in [0.5, 0.6) is 0 Å². The standard InChI is InChI=1S/C21H29NO2Si/c1-16(17-11-7-5-8-12-17)22-20(23)15-19(25(2,3)4)21(24)18-13-9-6-10-14-18/h5-14,16,19,21,24H,15H2,1-4H3,(H,22,23)/t16-,19+,21+/m0/s1. The van der Waals surface area contributed by atoms with Gasteiger partial charge in [0.1, 0.15) is 0 Å². The molecule has 4 heteroatoms. The molecular formula is C21H29NO2Si. The van der Waals surface area contributed by atoms with E-state index in [1.165, 1.54) is 0 Å². The molecule has 3 nitrogen and oxygen atoms in total. The summed E-state index contributed by atoms with van der Waals surface area (Å²) in [5.74, 6) is -0.00115. The summed E-state index contributed by atoms with van der Waals surface area (Å²) in [4.78, 5) is 12.6. The molecule has 1 amide bonds. The summed E-state index contributed by atoms with van der Waals surface area (Å²) in [7, 11) is -1.74. The molecule has 25 heavy (non-hydrogen) atoms. The molecule has 0 spiro atoms. The van der Waals surface area contributed by atoms with E-state index < -0.39 is 14.2 Å². The summed E-state index contributed by atoms with van der Waals surface area (Å²) in [6.07, 6.45) is -0.256. The van der Waals surface area contributed by atoms with Crippen molar-refractivity contribution in [2.45, 2.75) is 50.7 Å². The van der Waals surface area contributed by atoms with Crippen molar-refractivity contribution in [2.24, 2.45) is 0 Å². The molecule has 0 bridgehead atoms. The van der Waals surface area contributed by atoms with Crippen molar-refractivity contribution in [3.63, 3.8) is 0 Å². The van der Waals surface area contributed by atoms with Crippen LogP contribution in [0.1, 0.15) is 36.6 Å². The Kier molecular flexibility index (Phi) is 6.56. The van der Waals surface area contributed by atoms with Crippen molar-refractivity contribution in [3.8, 4) is 0 Å². The van der Waals surface area contributed by atoms with E-state index in [1.807, 2.05) is 67.6 Å². The van der Waals surface area contributed by atoms with E-state index in [1.54, 1.807) is 0 Å². The maximum absolute atomic E-state index is 12.6. The third kappa shape index (κ3) is 5.55. The van der Waals surface area contributed by atoms with Gasteiger partial charge in [-0.2, -0.15) is 0 Å². The maximum atomic E-state index is 12.6. The zero-order valence-corrected chi connectivity index (χ0v) is 16.6. The lowest BCUT2D eigenvalue weighted by Gasteiger charge is -2.33. The molecule has 0 saturated carbocycles. The number of carbonyl (C=O) groups excluding carboxylic acids is 1. The number of rotatable bonds is 7. The van der Waals surface area contributed by atoms with Crippen LogP contribution < -0.4 is 5.32 Å². The summed E-state index contributed by atoms with van der Waals surface area (Å²) in [5, 5.41) is 13.9. The molecule has 0 radical (unpaired) electrons. The van der Waals surface area contributed by atoms with Gasteiger partial charge in [-0.05, 0) is 23.6 Å². The third-order valence-electron chi connectivity index (χ3n) is 4.72. The second-order valence-corrected chi connectivity index (χ2v) is 13.2. The zero-order valence-electron chi connectivity index (χ0n) is 15.6. The van der Waals surface area contributed by atoms with Gasteiger partial charge in [-0.15, -0.1) is 0 Å². The van der Waals surface area contributed by atoms with Gasteiger partial charge in [0.2, 0.25) is 5.91 Å². The largest absolute Gasteiger partial charge is 0.388 e. The molecule has 0 aliphatic heterocycles. The predicted octanol–water partition coefficient (Wildman–Crippen LogP) is 4.70. The van der Waals surface area contributed by atoms with Crippen LogP contribution in [0.3, 0.4) is 0 Å². The van der Waals surface area contributed by atoms with Crippen LogP contribution in [0, 0.1) is 0 Å². The lowest BCUT2D eigenvalue weighted by atomic mass is 10.0. The minimum Gasteiger partial charge on any atom is -0.388 e. The van der Waals surface area contributed by atoms with Crippen LogP contribution >= 0.6 is 0 Å². The molecule has 0 aromatic heterocycles. The number of hydrogen-bond donors (Lipinski definition) is 2. The Morgan fingerprint density at radius 2 is 1.44 bits per heavy atom. The average Bonchev–Trinajstić information content (AvgIpc) is 2.59. The number of carbonyl (C=O) groups is 1. The SMILES string of the molecule is C[C@H](NC(=O)C[C@H]([C@H](O)c1ccccc1)[Si](C)(C)C)c1ccccc1. The fourth-order valence-electron chi connectivity index (χ4n) is 3.10. The highest BCUT2D eigenvalue weighted by Gasteiger charge is 2.35. The highest BCUT2D eigenvalue weighted by atomic mass is 28.3. The topological polar surface area (TPSA) is 49.3 Å². The number of aliphatic hydroxyl groups is 1. The van der Waals surface area contributed by atoms with Crippen molar-refractivity contribution in [3.05, 3.63) is 71.8 Å². The molecule has 3 atom stereocenters. The van der Waals surface area contributed by atoms with Crippen molar-refractivity contribution in [1.82, 2.24) is 5.32 Å². The van der Waals surface area contributed by atoms with Crippen LogP contribution in [0.25, 0.3) is 0 Å². The van der Waals surface area contributed by atoms with E-state index in [9.17, 15) is 9.90 Å². The van der Waals surface area contributed by atoms with E-state index >= 15 is 0 Å². The Balaban J connectivity index is 2.08.